The van der Waals surface area contributed by atoms with Crippen molar-refractivity contribution in [2.75, 3.05) is 39.7 Å². The number of benzene rings is 2. The highest BCUT2D eigenvalue weighted by Crippen LogP contribution is 2.42. The summed E-state index contributed by atoms with van der Waals surface area (Å²) in [6.45, 7) is 1.76. The predicted octanol–water partition coefficient (Wildman–Crippen LogP) is 3.29. The standard InChI is InChI=1S/C21H23NO5S/c1-24-16-5-3-14(11-18(16)25-2)7-8-22-20(23)13-28-21(22)15-4-6-17-19(12-15)27-10-9-26-17/h3-6,11-12,21H,7-10,13H2,1-2H3. The highest BCUT2D eigenvalue weighted by Gasteiger charge is 2.33. The summed E-state index contributed by atoms with van der Waals surface area (Å²) < 4.78 is 22.0. The van der Waals surface area contributed by atoms with Gasteiger partial charge in [-0.25, -0.2) is 0 Å². The summed E-state index contributed by atoms with van der Waals surface area (Å²) >= 11 is 1.65. The fourth-order valence-electron chi connectivity index (χ4n) is 3.47. The third kappa shape index (κ3) is 3.71. The van der Waals surface area contributed by atoms with Gasteiger partial charge in [0.05, 0.1) is 20.0 Å². The summed E-state index contributed by atoms with van der Waals surface area (Å²) in [5.41, 5.74) is 2.16. The number of rotatable bonds is 6. The van der Waals surface area contributed by atoms with Crippen molar-refractivity contribution in [2.24, 2.45) is 0 Å². The fourth-order valence-corrected chi connectivity index (χ4v) is 4.68. The van der Waals surface area contributed by atoms with Crippen LogP contribution in [-0.4, -0.2) is 50.5 Å². The van der Waals surface area contributed by atoms with Gasteiger partial charge in [0.2, 0.25) is 5.91 Å². The van der Waals surface area contributed by atoms with Crippen molar-refractivity contribution in [3.63, 3.8) is 0 Å². The van der Waals surface area contributed by atoms with Crippen LogP contribution in [0.2, 0.25) is 0 Å². The van der Waals surface area contributed by atoms with Gasteiger partial charge in [-0.1, -0.05) is 12.1 Å². The molecule has 1 atom stereocenters. The Bertz CT molecular complexity index is 872. The Morgan fingerprint density at radius 2 is 1.82 bits per heavy atom. The molecule has 2 aromatic carbocycles. The molecule has 148 valence electrons. The summed E-state index contributed by atoms with van der Waals surface area (Å²) in [4.78, 5) is 14.4. The van der Waals surface area contributed by atoms with E-state index in [1.165, 1.54) is 0 Å². The van der Waals surface area contributed by atoms with Crippen LogP contribution in [0.1, 0.15) is 16.5 Å². The second kappa shape index (κ2) is 8.22. The molecule has 0 aromatic heterocycles. The van der Waals surface area contributed by atoms with Crippen LogP contribution in [0.5, 0.6) is 23.0 Å². The van der Waals surface area contributed by atoms with E-state index in [4.69, 9.17) is 18.9 Å². The second-order valence-corrected chi connectivity index (χ2v) is 7.66. The molecule has 2 aliphatic rings. The van der Waals surface area contributed by atoms with Gasteiger partial charge >= 0.3 is 0 Å². The van der Waals surface area contributed by atoms with Gasteiger partial charge in [0.25, 0.3) is 0 Å². The van der Waals surface area contributed by atoms with Crippen LogP contribution < -0.4 is 18.9 Å². The molecule has 28 heavy (non-hydrogen) atoms. The van der Waals surface area contributed by atoms with Crippen LogP contribution in [0.3, 0.4) is 0 Å². The molecule has 2 aliphatic heterocycles. The van der Waals surface area contributed by atoms with Crippen LogP contribution in [-0.2, 0) is 11.2 Å². The van der Waals surface area contributed by atoms with E-state index in [2.05, 4.69) is 0 Å². The van der Waals surface area contributed by atoms with E-state index in [9.17, 15) is 4.79 Å². The predicted molar refractivity (Wildman–Crippen MR) is 108 cm³/mol. The van der Waals surface area contributed by atoms with Crippen molar-refractivity contribution < 1.29 is 23.7 Å². The maximum Gasteiger partial charge on any atom is 0.233 e. The topological polar surface area (TPSA) is 57.2 Å². The molecule has 0 aliphatic carbocycles. The van der Waals surface area contributed by atoms with E-state index in [0.29, 0.717) is 37.0 Å². The van der Waals surface area contributed by atoms with Gasteiger partial charge in [-0.3, -0.25) is 4.79 Å². The van der Waals surface area contributed by atoms with Gasteiger partial charge in [-0.15, -0.1) is 11.8 Å². The molecular formula is C21H23NO5S. The average molecular weight is 401 g/mol. The first kappa shape index (κ1) is 18.8. The summed E-state index contributed by atoms with van der Waals surface area (Å²) in [7, 11) is 3.25. The molecule has 2 heterocycles. The molecule has 1 fully saturated rings. The Morgan fingerprint density at radius 1 is 1.04 bits per heavy atom. The third-order valence-corrected chi connectivity index (χ3v) is 6.16. The Hall–Kier alpha value is -2.54. The zero-order valence-electron chi connectivity index (χ0n) is 16.0. The molecule has 0 radical (unpaired) electrons. The van der Waals surface area contributed by atoms with Crippen LogP contribution in [0.25, 0.3) is 0 Å². The van der Waals surface area contributed by atoms with E-state index in [1.54, 1.807) is 26.0 Å². The summed E-state index contributed by atoms with van der Waals surface area (Å²) in [5, 5.41) is -0.0107. The van der Waals surface area contributed by atoms with Crippen molar-refractivity contribution >= 4 is 17.7 Å². The number of fused-ring (bicyclic) bond motifs is 1. The molecule has 1 amide bonds. The molecule has 7 heteroatoms. The second-order valence-electron chi connectivity index (χ2n) is 6.59. The largest absolute Gasteiger partial charge is 0.493 e. The first-order chi connectivity index (χ1) is 13.7. The Kier molecular flexibility index (Phi) is 5.52. The Morgan fingerprint density at radius 3 is 2.61 bits per heavy atom. The van der Waals surface area contributed by atoms with E-state index in [-0.39, 0.29) is 11.3 Å². The van der Waals surface area contributed by atoms with E-state index >= 15 is 0 Å². The Balaban J connectivity index is 1.49. The van der Waals surface area contributed by atoms with Gasteiger partial charge in [0.15, 0.2) is 23.0 Å². The maximum absolute atomic E-state index is 12.5. The van der Waals surface area contributed by atoms with Gasteiger partial charge in [0, 0.05) is 6.54 Å². The van der Waals surface area contributed by atoms with Crippen molar-refractivity contribution in [1.82, 2.24) is 4.90 Å². The lowest BCUT2D eigenvalue weighted by Gasteiger charge is -2.26. The van der Waals surface area contributed by atoms with Gasteiger partial charge in [0.1, 0.15) is 18.6 Å². The number of methoxy groups -OCH3 is 2. The smallest absolute Gasteiger partial charge is 0.233 e. The third-order valence-electron chi connectivity index (χ3n) is 4.91. The number of hydrogen-bond donors (Lipinski definition) is 0. The van der Waals surface area contributed by atoms with Gasteiger partial charge < -0.3 is 23.8 Å². The van der Waals surface area contributed by atoms with Crippen molar-refractivity contribution in [3.05, 3.63) is 47.5 Å². The highest BCUT2D eigenvalue weighted by atomic mass is 32.2. The molecule has 1 saturated heterocycles. The van der Waals surface area contributed by atoms with Crippen LogP contribution in [0.15, 0.2) is 36.4 Å². The van der Waals surface area contributed by atoms with E-state index in [1.807, 2.05) is 41.3 Å². The van der Waals surface area contributed by atoms with Crippen LogP contribution in [0.4, 0.5) is 0 Å². The fraction of sp³-hybridized carbons (Fsp3) is 0.381. The minimum atomic E-state index is -0.0107. The zero-order valence-corrected chi connectivity index (χ0v) is 16.8. The van der Waals surface area contributed by atoms with Gasteiger partial charge in [-0.2, -0.15) is 0 Å². The first-order valence-electron chi connectivity index (χ1n) is 9.21. The number of hydrogen-bond acceptors (Lipinski definition) is 6. The summed E-state index contributed by atoms with van der Waals surface area (Å²) in [6, 6.07) is 11.8. The van der Waals surface area contributed by atoms with Crippen molar-refractivity contribution in [3.8, 4) is 23.0 Å². The number of carbonyl (C=O) groups excluding carboxylic acids is 1. The monoisotopic (exact) mass is 401 g/mol. The minimum Gasteiger partial charge on any atom is -0.493 e. The summed E-state index contributed by atoms with van der Waals surface area (Å²) in [5.74, 6) is 3.57. The lowest BCUT2D eigenvalue weighted by Crippen LogP contribution is -2.30. The summed E-state index contributed by atoms with van der Waals surface area (Å²) in [6.07, 6.45) is 0.744. The number of nitrogens with zero attached hydrogens (tertiary/aromatic N) is 1. The number of carbonyl (C=O) groups is 1. The quantitative estimate of drug-likeness (QED) is 0.740. The molecule has 0 bridgehead atoms. The molecule has 4 rings (SSSR count). The zero-order chi connectivity index (χ0) is 19.5. The first-order valence-corrected chi connectivity index (χ1v) is 10.3. The van der Waals surface area contributed by atoms with Crippen LogP contribution in [0, 0.1) is 0 Å². The molecule has 6 nitrogen and oxygen atoms in total. The van der Waals surface area contributed by atoms with Crippen molar-refractivity contribution in [2.45, 2.75) is 11.8 Å². The minimum absolute atomic E-state index is 0.0107. The highest BCUT2D eigenvalue weighted by molar-refractivity contribution is 8.00. The molecule has 1 unspecified atom stereocenters. The van der Waals surface area contributed by atoms with Gasteiger partial charge in [-0.05, 0) is 41.8 Å². The molecule has 0 spiro atoms. The molecule has 0 N–H and O–H groups in total. The molecule has 2 aromatic rings. The number of thioether (sulfide) groups is 1. The maximum atomic E-state index is 12.5. The molecule has 0 saturated carbocycles. The Labute approximate surface area is 168 Å². The van der Waals surface area contributed by atoms with Crippen molar-refractivity contribution in [1.29, 1.82) is 0 Å². The van der Waals surface area contributed by atoms with Crippen LogP contribution >= 0.6 is 11.8 Å². The lowest BCUT2D eigenvalue weighted by atomic mass is 10.1. The van der Waals surface area contributed by atoms with E-state index in [0.717, 1.165) is 29.0 Å². The molecular weight excluding hydrogens is 378 g/mol. The van der Waals surface area contributed by atoms with E-state index < -0.39 is 0 Å². The number of amides is 1. The number of ether oxygens (including phenoxy) is 4. The normalized spacial score (nSPS) is 18.3. The average Bonchev–Trinajstić information content (AvgIpc) is 3.12. The SMILES string of the molecule is COc1ccc(CCN2C(=O)CSC2c2ccc3c(c2)OCCO3)cc1OC. The lowest BCUT2D eigenvalue weighted by molar-refractivity contribution is -0.128.